The Labute approximate surface area is 155 Å². The molecule has 1 amide bonds. The number of aromatic nitrogens is 2. The van der Waals surface area contributed by atoms with E-state index in [0.29, 0.717) is 11.6 Å². The molecular weight excluding hydrogens is 326 g/mol. The van der Waals surface area contributed by atoms with Crippen LogP contribution >= 0.6 is 0 Å². The molecule has 1 saturated heterocycles. The molecule has 6 nitrogen and oxygen atoms in total. The second-order valence-corrected chi connectivity index (χ2v) is 7.07. The van der Waals surface area contributed by atoms with Gasteiger partial charge < -0.3 is 15.5 Å². The molecule has 0 bridgehead atoms. The van der Waals surface area contributed by atoms with Crippen LogP contribution in [-0.4, -0.2) is 35.0 Å². The fourth-order valence-corrected chi connectivity index (χ4v) is 3.11. The van der Waals surface area contributed by atoms with Crippen molar-refractivity contribution in [2.45, 2.75) is 46.1 Å². The molecule has 1 fully saturated rings. The maximum Gasteiger partial charge on any atom is 0.270 e. The van der Waals surface area contributed by atoms with Gasteiger partial charge in [0.2, 0.25) is 5.95 Å². The van der Waals surface area contributed by atoms with Gasteiger partial charge in [-0.25, -0.2) is 9.97 Å². The minimum atomic E-state index is -0.186. The third-order valence-electron chi connectivity index (χ3n) is 4.35. The summed E-state index contributed by atoms with van der Waals surface area (Å²) in [5.41, 5.74) is 3.28. The largest absolute Gasteiger partial charge is 0.372 e. The topological polar surface area (TPSA) is 70.2 Å². The van der Waals surface area contributed by atoms with Gasteiger partial charge in [-0.1, -0.05) is 0 Å². The summed E-state index contributed by atoms with van der Waals surface area (Å²) in [5, 5.41) is 6.06. The first kappa shape index (κ1) is 18.2. The molecule has 0 atom stereocenters. The number of carbonyl (C=O) groups excluding carboxylic acids is 1. The van der Waals surface area contributed by atoms with Gasteiger partial charge in [0.25, 0.3) is 5.91 Å². The molecule has 0 saturated carbocycles. The van der Waals surface area contributed by atoms with E-state index in [1.165, 1.54) is 24.9 Å². The normalized spacial score (nSPS) is 14.4. The maximum absolute atomic E-state index is 12.2. The molecule has 138 valence electrons. The zero-order valence-corrected chi connectivity index (χ0v) is 15.7. The Balaban J connectivity index is 1.72. The predicted molar refractivity (Wildman–Crippen MR) is 105 cm³/mol. The van der Waals surface area contributed by atoms with Gasteiger partial charge in [0.1, 0.15) is 5.69 Å². The summed E-state index contributed by atoms with van der Waals surface area (Å²) in [7, 11) is 0. The van der Waals surface area contributed by atoms with Gasteiger partial charge >= 0.3 is 0 Å². The number of nitrogens with one attached hydrogen (secondary N) is 2. The smallest absolute Gasteiger partial charge is 0.270 e. The Morgan fingerprint density at radius 2 is 1.77 bits per heavy atom. The summed E-state index contributed by atoms with van der Waals surface area (Å²) in [6, 6.07) is 10.1. The van der Waals surface area contributed by atoms with Gasteiger partial charge in [-0.05, 0) is 70.4 Å². The summed E-state index contributed by atoms with van der Waals surface area (Å²) < 4.78 is 0. The average Bonchev–Trinajstić information content (AvgIpc) is 2.62. The zero-order valence-electron chi connectivity index (χ0n) is 15.7. The number of carbonyl (C=O) groups is 1. The van der Waals surface area contributed by atoms with Gasteiger partial charge in [-0.15, -0.1) is 0 Å². The number of piperidine rings is 1. The molecule has 1 aliphatic rings. The number of anilines is 3. The van der Waals surface area contributed by atoms with Crippen molar-refractivity contribution in [2.24, 2.45) is 0 Å². The molecular formula is C20H27N5O. The summed E-state index contributed by atoms with van der Waals surface area (Å²) in [5.74, 6) is 0.249. The van der Waals surface area contributed by atoms with Gasteiger partial charge in [0.05, 0.1) is 0 Å². The molecule has 1 aliphatic heterocycles. The van der Waals surface area contributed by atoms with Crippen molar-refractivity contribution in [3.63, 3.8) is 0 Å². The van der Waals surface area contributed by atoms with E-state index in [2.05, 4.69) is 37.6 Å². The van der Waals surface area contributed by atoms with Crippen LogP contribution in [0.1, 0.15) is 49.3 Å². The van der Waals surface area contributed by atoms with Crippen LogP contribution in [0.25, 0.3) is 0 Å². The van der Waals surface area contributed by atoms with E-state index in [9.17, 15) is 4.79 Å². The third kappa shape index (κ3) is 4.71. The molecule has 2 N–H and O–H groups in total. The first-order valence-corrected chi connectivity index (χ1v) is 9.30. The molecule has 3 rings (SSSR count). The van der Waals surface area contributed by atoms with Crippen molar-refractivity contribution in [1.29, 1.82) is 0 Å². The number of hydrogen-bond donors (Lipinski definition) is 2. The third-order valence-corrected chi connectivity index (χ3v) is 4.35. The summed E-state index contributed by atoms with van der Waals surface area (Å²) in [4.78, 5) is 23.4. The van der Waals surface area contributed by atoms with E-state index in [0.717, 1.165) is 24.5 Å². The lowest BCUT2D eigenvalue weighted by Gasteiger charge is -2.28. The number of aryl methyl sites for hydroxylation is 1. The lowest BCUT2D eigenvalue weighted by molar-refractivity contribution is 0.0938. The highest BCUT2D eigenvalue weighted by molar-refractivity contribution is 5.92. The molecule has 2 aromatic rings. The van der Waals surface area contributed by atoms with Crippen molar-refractivity contribution in [2.75, 3.05) is 23.3 Å². The zero-order chi connectivity index (χ0) is 18.5. The first-order chi connectivity index (χ1) is 12.5. The molecule has 1 aromatic carbocycles. The van der Waals surface area contributed by atoms with Gasteiger partial charge in [0.15, 0.2) is 0 Å². The minimum absolute atomic E-state index is 0.0662. The Morgan fingerprint density at radius 1 is 1.08 bits per heavy atom. The summed E-state index contributed by atoms with van der Waals surface area (Å²) >= 11 is 0. The molecule has 6 heteroatoms. The second-order valence-electron chi connectivity index (χ2n) is 7.07. The SMILES string of the molecule is Cc1cc(C(=O)NC(C)C)nc(Nc2ccc(N3CCCCC3)cc2)n1. The van der Waals surface area contributed by atoms with Crippen LogP contribution in [0.15, 0.2) is 30.3 Å². The quantitative estimate of drug-likeness (QED) is 0.858. The number of hydrogen-bond acceptors (Lipinski definition) is 5. The van der Waals surface area contributed by atoms with Crippen LogP contribution in [-0.2, 0) is 0 Å². The number of amides is 1. The first-order valence-electron chi connectivity index (χ1n) is 9.30. The van der Waals surface area contributed by atoms with E-state index in [4.69, 9.17) is 0 Å². The molecule has 2 heterocycles. The highest BCUT2D eigenvalue weighted by Crippen LogP contribution is 2.23. The van der Waals surface area contributed by atoms with Gasteiger partial charge in [-0.2, -0.15) is 0 Å². The highest BCUT2D eigenvalue weighted by Gasteiger charge is 2.13. The molecule has 26 heavy (non-hydrogen) atoms. The fourth-order valence-electron chi connectivity index (χ4n) is 3.11. The molecule has 0 spiro atoms. The number of benzene rings is 1. The minimum Gasteiger partial charge on any atom is -0.372 e. The summed E-state index contributed by atoms with van der Waals surface area (Å²) in [6.07, 6.45) is 3.85. The highest BCUT2D eigenvalue weighted by atomic mass is 16.1. The van der Waals surface area contributed by atoms with Crippen molar-refractivity contribution < 1.29 is 4.79 Å². The lowest BCUT2D eigenvalue weighted by atomic mass is 10.1. The van der Waals surface area contributed by atoms with Crippen LogP contribution < -0.4 is 15.5 Å². The maximum atomic E-state index is 12.2. The van der Waals surface area contributed by atoms with Gasteiger partial charge in [0, 0.05) is 36.2 Å². The second kappa shape index (κ2) is 8.17. The summed E-state index contributed by atoms with van der Waals surface area (Å²) in [6.45, 7) is 7.96. The van der Waals surface area contributed by atoms with Gasteiger partial charge in [-0.3, -0.25) is 4.79 Å². The molecule has 1 aromatic heterocycles. The van der Waals surface area contributed by atoms with Crippen LogP contribution in [0.2, 0.25) is 0 Å². The monoisotopic (exact) mass is 353 g/mol. The van der Waals surface area contributed by atoms with Crippen molar-refractivity contribution in [3.05, 3.63) is 41.7 Å². The standard InChI is InChI=1S/C20H27N5O/c1-14(2)21-19(26)18-13-15(3)22-20(24-18)23-16-7-9-17(10-8-16)25-11-5-4-6-12-25/h7-10,13-14H,4-6,11-12H2,1-3H3,(H,21,26)(H,22,23,24). The van der Waals surface area contributed by atoms with E-state index < -0.39 is 0 Å². The van der Waals surface area contributed by atoms with Crippen molar-refractivity contribution >= 4 is 23.2 Å². The fraction of sp³-hybridized carbons (Fsp3) is 0.450. The van der Waals surface area contributed by atoms with Crippen LogP contribution in [0, 0.1) is 6.92 Å². The Morgan fingerprint density at radius 3 is 2.42 bits per heavy atom. The van der Waals surface area contributed by atoms with E-state index in [-0.39, 0.29) is 11.9 Å². The number of nitrogens with zero attached hydrogens (tertiary/aromatic N) is 3. The van der Waals surface area contributed by atoms with E-state index in [1.807, 2.05) is 32.9 Å². The Bertz CT molecular complexity index is 751. The molecule has 0 unspecified atom stereocenters. The van der Waals surface area contributed by atoms with E-state index in [1.54, 1.807) is 6.07 Å². The average molecular weight is 353 g/mol. The molecule has 0 aliphatic carbocycles. The van der Waals surface area contributed by atoms with E-state index >= 15 is 0 Å². The Hall–Kier alpha value is -2.63. The number of rotatable bonds is 5. The Kier molecular flexibility index (Phi) is 5.71. The predicted octanol–water partition coefficient (Wildman–Crippen LogP) is 3.66. The molecule has 0 radical (unpaired) electrons. The van der Waals surface area contributed by atoms with Crippen molar-refractivity contribution in [1.82, 2.24) is 15.3 Å². The van der Waals surface area contributed by atoms with Crippen LogP contribution in [0.4, 0.5) is 17.3 Å². The van der Waals surface area contributed by atoms with Crippen molar-refractivity contribution in [3.8, 4) is 0 Å². The lowest BCUT2D eigenvalue weighted by Crippen LogP contribution is -2.31. The van der Waals surface area contributed by atoms with Crippen LogP contribution in [0.3, 0.4) is 0 Å². The van der Waals surface area contributed by atoms with Crippen LogP contribution in [0.5, 0.6) is 0 Å².